The molecule has 0 aliphatic heterocycles. The third-order valence-corrected chi connectivity index (χ3v) is 2.63. The van der Waals surface area contributed by atoms with E-state index in [0.717, 1.165) is 0 Å². The Morgan fingerprint density at radius 2 is 1.80 bits per heavy atom. The topological polar surface area (TPSA) is 69.7 Å². The fraction of sp³-hybridized carbons (Fsp3) is 0.333. The molecular formula is C15H16O5. The van der Waals surface area contributed by atoms with Gasteiger partial charge in [0.1, 0.15) is 0 Å². The third-order valence-electron chi connectivity index (χ3n) is 2.63. The molecule has 0 N–H and O–H groups in total. The third kappa shape index (κ3) is 3.17. The minimum Gasteiger partial charge on any atom is -0.457 e. The van der Waals surface area contributed by atoms with Gasteiger partial charge in [0, 0.05) is 5.56 Å². The molecule has 0 unspecified atom stereocenters. The fourth-order valence-corrected chi connectivity index (χ4v) is 1.56. The van der Waals surface area contributed by atoms with Crippen LogP contribution in [-0.4, -0.2) is 5.97 Å². The first kappa shape index (κ1) is 14.1. The van der Waals surface area contributed by atoms with Gasteiger partial charge in [0.05, 0.1) is 5.41 Å². The molecule has 1 aromatic heterocycles. The Balaban J connectivity index is 2.22. The van der Waals surface area contributed by atoms with E-state index in [0.29, 0.717) is 5.56 Å². The lowest BCUT2D eigenvalue weighted by atomic mass is 9.97. The van der Waals surface area contributed by atoms with Crippen LogP contribution >= 0.6 is 0 Å². The first-order valence-electron chi connectivity index (χ1n) is 6.23. The van der Waals surface area contributed by atoms with Crippen molar-refractivity contribution in [3.8, 4) is 11.3 Å². The Morgan fingerprint density at radius 3 is 2.40 bits per heavy atom. The molecule has 0 bridgehead atoms. The summed E-state index contributed by atoms with van der Waals surface area (Å²) in [7, 11) is 0. The van der Waals surface area contributed by atoms with E-state index in [4.69, 9.17) is 13.6 Å². The predicted octanol–water partition coefficient (Wildman–Crippen LogP) is 2.99. The minimum absolute atomic E-state index is 0.133. The number of carbonyl (C=O) groups excluding carboxylic acids is 1. The molecule has 0 saturated carbocycles. The van der Waals surface area contributed by atoms with Crippen LogP contribution < -0.4 is 5.82 Å². The maximum Gasteiger partial charge on any atom is 0.519 e. The zero-order valence-electron chi connectivity index (χ0n) is 11.6. The van der Waals surface area contributed by atoms with Gasteiger partial charge in [-0.15, -0.1) is 0 Å². The fourth-order valence-electron chi connectivity index (χ4n) is 1.56. The minimum atomic E-state index is -0.814. The van der Waals surface area contributed by atoms with Gasteiger partial charge in [0.2, 0.25) is 0 Å². The van der Waals surface area contributed by atoms with E-state index in [9.17, 15) is 9.59 Å². The molecule has 0 atom stereocenters. The van der Waals surface area contributed by atoms with Gasteiger partial charge in [-0.05, 0) is 20.8 Å². The number of hydrogen-bond donors (Lipinski definition) is 0. The number of benzene rings is 1. The van der Waals surface area contributed by atoms with Crippen molar-refractivity contribution in [3.05, 3.63) is 46.7 Å². The summed E-state index contributed by atoms with van der Waals surface area (Å²) in [5, 5.41) is 0. The normalized spacial score (nSPS) is 11.3. The summed E-state index contributed by atoms with van der Waals surface area (Å²) in [5.41, 5.74) is 0.0804. The molecule has 1 heterocycles. The predicted molar refractivity (Wildman–Crippen MR) is 71.9 cm³/mol. The van der Waals surface area contributed by atoms with Crippen molar-refractivity contribution < 1.29 is 18.4 Å². The van der Waals surface area contributed by atoms with Crippen LogP contribution in [0.2, 0.25) is 0 Å². The second-order valence-corrected chi connectivity index (χ2v) is 5.40. The van der Waals surface area contributed by atoms with E-state index in [2.05, 4.69) is 0 Å². The van der Waals surface area contributed by atoms with Gasteiger partial charge in [-0.3, -0.25) is 4.79 Å². The second-order valence-electron chi connectivity index (χ2n) is 5.40. The molecular weight excluding hydrogens is 260 g/mol. The largest absolute Gasteiger partial charge is 0.519 e. The smallest absolute Gasteiger partial charge is 0.457 e. The number of ether oxygens (including phenoxy) is 1. The van der Waals surface area contributed by atoms with Gasteiger partial charge in [0.25, 0.3) is 0 Å². The zero-order chi connectivity index (χ0) is 14.8. The maximum absolute atomic E-state index is 11.7. The van der Waals surface area contributed by atoms with E-state index >= 15 is 0 Å². The average Bonchev–Trinajstić information content (AvgIpc) is 2.77. The van der Waals surface area contributed by atoms with Crippen molar-refractivity contribution in [3.63, 3.8) is 0 Å². The first-order valence-corrected chi connectivity index (χ1v) is 6.23. The van der Waals surface area contributed by atoms with E-state index in [1.807, 2.05) is 18.2 Å². The highest BCUT2D eigenvalue weighted by Crippen LogP contribution is 2.24. The maximum atomic E-state index is 11.7. The molecule has 0 amide bonds. The van der Waals surface area contributed by atoms with Gasteiger partial charge in [-0.2, -0.15) is 0 Å². The molecule has 2 aromatic rings. The molecule has 1 aromatic carbocycles. The molecule has 106 valence electrons. The van der Waals surface area contributed by atoms with Crippen LogP contribution in [0.4, 0.5) is 0 Å². The summed E-state index contributed by atoms with van der Waals surface area (Å²) < 4.78 is 15.1. The van der Waals surface area contributed by atoms with Crippen molar-refractivity contribution in [1.29, 1.82) is 0 Å². The van der Waals surface area contributed by atoms with Gasteiger partial charge < -0.3 is 13.6 Å². The molecule has 0 fully saturated rings. The summed E-state index contributed by atoms with van der Waals surface area (Å²) in [6.07, 6.45) is 0. The average molecular weight is 276 g/mol. The van der Waals surface area contributed by atoms with E-state index in [1.165, 1.54) is 0 Å². The van der Waals surface area contributed by atoms with Crippen molar-refractivity contribution in [1.82, 2.24) is 0 Å². The van der Waals surface area contributed by atoms with Gasteiger partial charge >= 0.3 is 11.8 Å². The SMILES string of the molecule is CC(C)(C)C(=O)OCc1oc(=O)oc1-c1ccccc1. The number of carbonyl (C=O) groups is 1. The molecule has 20 heavy (non-hydrogen) atoms. The molecule has 5 heteroatoms. The summed E-state index contributed by atoms with van der Waals surface area (Å²) in [6, 6.07) is 9.04. The molecule has 0 radical (unpaired) electrons. The summed E-state index contributed by atoms with van der Waals surface area (Å²) >= 11 is 0. The Kier molecular flexibility index (Phi) is 3.79. The monoisotopic (exact) mass is 276 g/mol. The Morgan fingerprint density at radius 1 is 1.15 bits per heavy atom. The molecule has 2 rings (SSSR count). The van der Waals surface area contributed by atoms with Gasteiger partial charge in [-0.25, -0.2) is 4.79 Å². The van der Waals surface area contributed by atoms with Crippen LogP contribution in [-0.2, 0) is 16.1 Å². The van der Waals surface area contributed by atoms with Crippen LogP contribution in [0.5, 0.6) is 0 Å². The van der Waals surface area contributed by atoms with Gasteiger partial charge in [0.15, 0.2) is 18.1 Å². The van der Waals surface area contributed by atoms with Crippen LogP contribution in [0.3, 0.4) is 0 Å². The number of hydrogen-bond acceptors (Lipinski definition) is 5. The van der Waals surface area contributed by atoms with Crippen LogP contribution in [0.1, 0.15) is 26.5 Å². The van der Waals surface area contributed by atoms with E-state index < -0.39 is 11.2 Å². The summed E-state index contributed by atoms with van der Waals surface area (Å²) in [4.78, 5) is 23.0. The highest BCUT2D eigenvalue weighted by atomic mass is 16.6. The first-order chi connectivity index (χ1) is 9.38. The lowest BCUT2D eigenvalue weighted by Gasteiger charge is -2.15. The van der Waals surface area contributed by atoms with E-state index in [-0.39, 0.29) is 24.1 Å². The summed E-state index contributed by atoms with van der Waals surface area (Å²) in [6.45, 7) is 5.11. The van der Waals surface area contributed by atoms with Crippen molar-refractivity contribution >= 4 is 5.97 Å². The second kappa shape index (κ2) is 5.36. The number of rotatable bonds is 3. The molecule has 0 saturated heterocycles. The molecule has 0 aliphatic carbocycles. The quantitative estimate of drug-likeness (QED) is 0.806. The Labute approximate surface area is 116 Å². The molecule has 0 aliphatic rings. The van der Waals surface area contributed by atoms with Crippen molar-refractivity contribution in [2.75, 3.05) is 0 Å². The van der Waals surface area contributed by atoms with E-state index in [1.54, 1.807) is 32.9 Å². The zero-order valence-corrected chi connectivity index (χ0v) is 11.6. The standard InChI is InChI=1S/C15H16O5/c1-15(2,3)13(16)18-9-11-12(20-14(17)19-11)10-7-5-4-6-8-10/h4-8H,9H2,1-3H3. The van der Waals surface area contributed by atoms with Crippen LogP contribution in [0.15, 0.2) is 44.0 Å². The molecule has 0 spiro atoms. The van der Waals surface area contributed by atoms with Crippen LogP contribution in [0, 0.1) is 5.41 Å². The molecule has 5 nitrogen and oxygen atoms in total. The van der Waals surface area contributed by atoms with Crippen LogP contribution in [0.25, 0.3) is 11.3 Å². The summed E-state index contributed by atoms with van der Waals surface area (Å²) in [5.74, 6) is -0.692. The number of esters is 1. The highest BCUT2D eigenvalue weighted by molar-refractivity contribution is 5.75. The lowest BCUT2D eigenvalue weighted by Crippen LogP contribution is -2.22. The Hall–Kier alpha value is -2.30. The highest BCUT2D eigenvalue weighted by Gasteiger charge is 2.24. The van der Waals surface area contributed by atoms with Gasteiger partial charge in [-0.1, -0.05) is 30.3 Å². The Bertz CT molecular complexity index is 643. The lowest BCUT2D eigenvalue weighted by molar-refractivity contribution is -0.154. The van der Waals surface area contributed by atoms with Crippen molar-refractivity contribution in [2.45, 2.75) is 27.4 Å². The van der Waals surface area contributed by atoms with Crippen molar-refractivity contribution in [2.24, 2.45) is 5.41 Å².